The Morgan fingerprint density at radius 1 is 1.30 bits per heavy atom. The molecule has 1 aliphatic heterocycles. The zero-order valence-electron chi connectivity index (χ0n) is 16.1. The van der Waals surface area contributed by atoms with Gasteiger partial charge in [0.1, 0.15) is 0 Å². The summed E-state index contributed by atoms with van der Waals surface area (Å²) in [6, 6.07) is 3.84. The van der Waals surface area contributed by atoms with E-state index in [-0.39, 0.29) is 17.4 Å². The Kier molecular flexibility index (Phi) is 4.91. The Labute approximate surface area is 160 Å². The van der Waals surface area contributed by atoms with Crippen molar-refractivity contribution in [2.75, 3.05) is 19.6 Å². The lowest BCUT2D eigenvalue weighted by atomic mass is 9.74. The van der Waals surface area contributed by atoms with Gasteiger partial charge in [-0.1, -0.05) is 13.8 Å². The summed E-state index contributed by atoms with van der Waals surface area (Å²) in [7, 11) is 0. The molecule has 6 heteroatoms. The summed E-state index contributed by atoms with van der Waals surface area (Å²) < 4.78 is 0. The molecule has 4 rings (SSSR count). The first-order valence-corrected chi connectivity index (χ1v) is 9.78. The third-order valence-electron chi connectivity index (χ3n) is 5.50. The monoisotopic (exact) mass is 365 g/mol. The fourth-order valence-electron chi connectivity index (χ4n) is 4.19. The Hall–Kier alpha value is -2.34. The van der Waals surface area contributed by atoms with Crippen LogP contribution in [-0.2, 0) is 11.2 Å². The average Bonchev–Trinajstić information content (AvgIpc) is 3.14. The molecule has 27 heavy (non-hydrogen) atoms. The lowest BCUT2D eigenvalue weighted by Crippen LogP contribution is -2.41. The Morgan fingerprint density at radius 2 is 2.11 bits per heavy atom. The molecule has 1 N–H and O–H groups in total. The van der Waals surface area contributed by atoms with Gasteiger partial charge in [-0.15, -0.1) is 0 Å². The van der Waals surface area contributed by atoms with Crippen LogP contribution in [0.5, 0.6) is 0 Å². The molecule has 0 saturated carbocycles. The Balaban J connectivity index is 1.56. The zero-order valence-corrected chi connectivity index (χ0v) is 16.1. The minimum absolute atomic E-state index is 0.0261. The molecule has 1 aliphatic carbocycles. The van der Waals surface area contributed by atoms with E-state index in [4.69, 9.17) is 4.98 Å². The van der Waals surface area contributed by atoms with Crippen LogP contribution in [-0.4, -0.2) is 45.4 Å². The van der Waals surface area contributed by atoms with Crippen molar-refractivity contribution in [3.8, 4) is 11.4 Å². The van der Waals surface area contributed by atoms with E-state index in [0.717, 1.165) is 42.8 Å². The largest absolute Gasteiger partial charge is 0.348 e. The topological polar surface area (TPSA) is 71.0 Å². The number of carbonyl (C=O) groups is 1. The van der Waals surface area contributed by atoms with E-state index < -0.39 is 0 Å². The van der Waals surface area contributed by atoms with Crippen LogP contribution in [0.15, 0.2) is 30.7 Å². The summed E-state index contributed by atoms with van der Waals surface area (Å²) in [5.41, 5.74) is 3.08. The van der Waals surface area contributed by atoms with Crippen molar-refractivity contribution in [2.45, 2.75) is 45.6 Å². The van der Waals surface area contributed by atoms with Crippen LogP contribution in [0.2, 0.25) is 0 Å². The van der Waals surface area contributed by atoms with E-state index >= 15 is 0 Å². The van der Waals surface area contributed by atoms with Crippen molar-refractivity contribution in [2.24, 2.45) is 5.41 Å². The fraction of sp³-hybridized carbons (Fsp3) is 0.524. The number of amides is 1. The van der Waals surface area contributed by atoms with Gasteiger partial charge >= 0.3 is 0 Å². The SMILES string of the molecule is CC1(C)Cc2nc(-c3cccnc3)ncc2[C@@H](NC(=O)CN2CCCC2)C1. The molecule has 1 fully saturated rings. The predicted octanol–water partition coefficient (Wildman–Crippen LogP) is 2.76. The zero-order chi connectivity index (χ0) is 18.9. The third-order valence-corrected chi connectivity index (χ3v) is 5.50. The van der Waals surface area contributed by atoms with Gasteiger partial charge in [-0.25, -0.2) is 9.97 Å². The number of carbonyl (C=O) groups excluding carboxylic acids is 1. The Morgan fingerprint density at radius 3 is 2.85 bits per heavy atom. The van der Waals surface area contributed by atoms with Gasteiger partial charge in [0.05, 0.1) is 18.3 Å². The summed E-state index contributed by atoms with van der Waals surface area (Å²) >= 11 is 0. The molecule has 142 valence electrons. The van der Waals surface area contributed by atoms with Gasteiger partial charge < -0.3 is 5.32 Å². The highest BCUT2D eigenvalue weighted by Crippen LogP contribution is 2.40. The summed E-state index contributed by atoms with van der Waals surface area (Å²) in [4.78, 5) is 28.4. The van der Waals surface area contributed by atoms with E-state index in [1.807, 2.05) is 18.3 Å². The van der Waals surface area contributed by atoms with Crippen LogP contribution in [0.25, 0.3) is 11.4 Å². The van der Waals surface area contributed by atoms with Gasteiger partial charge in [0, 0.05) is 29.7 Å². The van der Waals surface area contributed by atoms with Crippen molar-refractivity contribution >= 4 is 5.91 Å². The number of hydrogen-bond donors (Lipinski definition) is 1. The highest BCUT2D eigenvalue weighted by atomic mass is 16.2. The van der Waals surface area contributed by atoms with Crippen molar-refractivity contribution in [1.82, 2.24) is 25.2 Å². The van der Waals surface area contributed by atoms with Crippen LogP contribution >= 0.6 is 0 Å². The van der Waals surface area contributed by atoms with Crippen LogP contribution < -0.4 is 5.32 Å². The molecule has 0 unspecified atom stereocenters. The van der Waals surface area contributed by atoms with E-state index in [0.29, 0.717) is 12.4 Å². The van der Waals surface area contributed by atoms with Crippen LogP contribution in [0.3, 0.4) is 0 Å². The number of fused-ring (bicyclic) bond motifs is 1. The quantitative estimate of drug-likeness (QED) is 0.902. The number of likely N-dealkylation sites (tertiary alicyclic amines) is 1. The molecule has 2 aliphatic rings. The maximum atomic E-state index is 12.6. The number of hydrogen-bond acceptors (Lipinski definition) is 5. The lowest BCUT2D eigenvalue weighted by Gasteiger charge is -2.36. The van der Waals surface area contributed by atoms with Crippen molar-refractivity contribution in [3.63, 3.8) is 0 Å². The van der Waals surface area contributed by atoms with Gasteiger partial charge in [-0.3, -0.25) is 14.7 Å². The first-order chi connectivity index (χ1) is 13.0. The molecule has 0 aromatic carbocycles. The molecule has 3 heterocycles. The summed E-state index contributed by atoms with van der Waals surface area (Å²) in [5, 5.41) is 3.24. The first kappa shape index (κ1) is 18.0. The fourth-order valence-corrected chi connectivity index (χ4v) is 4.19. The van der Waals surface area contributed by atoms with E-state index in [9.17, 15) is 4.79 Å². The molecule has 0 spiro atoms. The second-order valence-corrected chi connectivity index (χ2v) is 8.49. The van der Waals surface area contributed by atoms with E-state index in [1.165, 1.54) is 12.8 Å². The molecular weight excluding hydrogens is 338 g/mol. The van der Waals surface area contributed by atoms with E-state index in [1.54, 1.807) is 12.4 Å². The maximum absolute atomic E-state index is 12.6. The smallest absolute Gasteiger partial charge is 0.234 e. The maximum Gasteiger partial charge on any atom is 0.234 e. The number of rotatable bonds is 4. The van der Waals surface area contributed by atoms with Gasteiger partial charge in [-0.2, -0.15) is 0 Å². The summed E-state index contributed by atoms with van der Waals surface area (Å²) in [6.45, 7) is 7.01. The van der Waals surface area contributed by atoms with Crippen molar-refractivity contribution in [3.05, 3.63) is 42.0 Å². The summed E-state index contributed by atoms with van der Waals surface area (Å²) in [5.74, 6) is 0.795. The van der Waals surface area contributed by atoms with Gasteiger partial charge in [0.25, 0.3) is 0 Å². The van der Waals surface area contributed by atoms with Crippen molar-refractivity contribution < 1.29 is 4.79 Å². The first-order valence-electron chi connectivity index (χ1n) is 9.78. The third kappa shape index (κ3) is 4.16. The second-order valence-electron chi connectivity index (χ2n) is 8.49. The summed E-state index contributed by atoms with van der Waals surface area (Å²) in [6.07, 6.45) is 9.59. The molecule has 2 aromatic rings. The molecule has 0 radical (unpaired) electrons. The standard InChI is InChI=1S/C21H27N5O/c1-21(2)10-17(24-19(27)14-26-8-3-4-9-26)16-13-23-20(25-18(16)11-21)15-6-5-7-22-12-15/h5-7,12-13,17H,3-4,8-11,14H2,1-2H3,(H,24,27)/t17-/m0/s1. The number of aromatic nitrogens is 3. The molecule has 1 saturated heterocycles. The minimum atomic E-state index is -0.0261. The van der Waals surface area contributed by atoms with Gasteiger partial charge in [0.15, 0.2) is 5.82 Å². The number of nitrogens with zero attached hydrogens (tertiary/aromatic N) is 4. The minimum Gasteiger partial charge on any atom is -0.348 e. The van der Waals surface area contributed by atoms with Gasteiger partial charge in [0.2, 0.25) is 5.91 Å². The van der Waals surface area contributed by atoms with Crippen LogP contribution in [0.1, 0.15) is 50.4 Å². The van der Waals surface area contributed by atoms with Crippen molar-refractivity contribution in [1.29, 1.82) is 0 Å². The molecular formula is C21H27N5O. The highest BCUT2D eigenvalue weighted by Gasteiger charge is 2.34. The second kappa shape index (κ2) is 7.35. The molecule has 2 aromatic heterocycles. The van der Waals surface area contributed by atoms with Crippen LogP contribution in [0.4, 0.5) is 0 Å². The highest BCUT2D eigenvalue weighted by molar-refractivity contribution is 5.78. The normalized spacial score (nSPS) is 21.6. The predicted molar refractivity (Wildman–Crippen MR) is 104 cm³/mol. The molecule has 0 bridgehead atoms. The van der Waals surface area contributed by atoms with Gasteiger partial charge in [-0.05, 0) is 56.3 Å². The lowest BCUT2D eigenvalue weighted by molar-refractivity contribution is -0.123. The Bertz CT molecular complexity index is 815. The van der Waals surface area contributed by atoms with E-state index in [2.05, 4.69) is 34.0 Å². The molecule has 1 atom stereocenters. The van der Waals surface area contributed by atoms with Crippen LogP contribution in [0, 0.1) is 5.41 Å². The molecule has 1 amide bonds. The number of nitrogens with one attached hydrogen (secondary N) is 1. The average molecular weight is 365 g/mol. The molecule has 6 nitrogen and oxygen atoms in total. The number of pyridine rings is 1.